The second kappa shape index (κ2) is 7.31. The van der Waals surface area contributed by atoms with Crippen molar-refractivity contribution < 1.29 is 0 Å². The van der Waals surface area contributed by atoms with Crippen LogP contribution in [0.25, 0.3) is 0 Å². The molecule has 0 aliphatic rings. The smallest absolute Gasteiger partial charge is 0.171 e. The molecule has 0 radical (unpaired) electrons. The summed E-state index contributed by atoms with van der Waals surface area (Å²) >= 11 is 7.04. The van der Waals surface area contributed by atoms with E-state index in [1.807, 2.05) is 18.2 Å². The van der Waals surface area contributed by atoms with Crippen molar-refractivity contribution >= 4 is 34.8 Å². The van der Waals surface area contributed by atoms with Crippen LogP contribution in [-0.2, 0) is 6.54 Å². The van der Waals surface area contributed by atoms with Crippen LogP contribution in [0.3, 0.4) is 0 Å². The lowest BCUT2D eigenvalue weighted by molar-refractivity contribution is 0.924. The molecule has 20 heavy (non-hydrogen) atoms. The number of anilines is 1. The Kier molecular flexibility index (Phi) is 5.44. The Morgan fingerprint density at radius 1 is 1.10 bits per heavy atom. The van der Waals surface area contributed by atoms with Gasteiger partial charge in [-0.25, -0.2) is 0 Å². The summed E-state index contributed by atoms with van der Waals surface area (Å²) in [4.78, 5) is 1.19. The highest BCUT2D eigenvalue weighted by Gasteiger charge is 2.02. The van der Waals surface area contributed by atoms with Gasteiger partial charge in [0.2, 0.25) is 0 Å². The standard InChI is InChI=1S/C16H18N2S2/c1-12-7-9-13(10-8-12)11-17-16(19)18-14-5-3-4-6-15(14)20-2/h3-10H,11H2,1-2H3,(H2,17,18,19). The van der Waals surface area contributed by atoms with Crippen LogP contribution in [0, 0.1) is 6.92 Å². The molecule has 2 nitrogen and oxygen atoms in total. The van der Waals surface area contributed by atoms with Crippen molar-refractivity contribution in [3.05, 3.63) is 59.7 Å². The topological polar surface area (TPSA) is 24.1 Å². The number of aryl methyl sites for hydroxylation is 1. The molecule has 0 heterocycles. The number of hydrogen-bond acceptors (Lipinski definition) is 2. The lowest BCUT2D eigenvalue weighted by Crippen LogP contribution is -2.28. The first-order valence-corrected chi connectivity index (χ1v) is 8.06. The number of para-hydroxylation sites is 1. The van der Waals surface area contributed by atoms with Gasteiger partial charge in [0, 0.05) is 11.4 Å². The Morgan fingerprint density at radius 2 is 1.80 bits per heavy atom. The third-order valence-corrected chi connectivity index (χ3v) is 3.97. The SMILES string of the molecule is CSc1ccccc1NC(=S)NCc1ccc(C)cc1. The fourth-order valence-electron chi connectivity index (χ4n) is 1.80. The summed E-state index contributed by atoms with van der Waals surface area (Å²) in [5, 5.41) is 7.12. The summed E-state index contributed by atoms with van der Waals surface area (Å²) in [6.45, 7) is 2.82. The summed E-state index contributed by atoms with van der Waals surface area (Å²) in [6.07, 6.45) is 2.06. The lowest BCUT2D eigenvalue weighted by Gasteiger charge is -2.13. The lowest BCUT2D eigenvalue weighted by atomic mass is 10.1. The predicted octanol–water partition coefficient (Wildman–Crippen LogP) is 4.20. The van der Waals surface area contributed by atoms with Gasteiger partial charge in [0.05, 0.1) is 5.69 Å². The maximum atomic E-state index is 5.34. The Morgan fingerprint density at radius 3 is 2.50 bits per heavy atom. The van der Waals surface area contributed by atoms with E-state index in [9.17, 15) is 0 Å². The van der Waals surface area contributed by atoms with E-state index in [0.717, 1.165) is 12.2 Å². The van der Waals surface area contributed by atoms with Crippen LogP contribution in [0.1, 0.15) is 11.1 Å². The largest absolute Gasteiger partial charge is 0.358 e. The molecule has 0 aliphatic heterocycles. The zero-order valence-electron chi connectivity index (χ0n) is 11.6. The van der Waals surface area contributed by atoms with Gasteiger partial charge in [-0.2, -0.15) is 0 Å². The van der Waals surface area contributed by atoms with Crippen molar-refractivity contribution in [3.63, 3.8) is 0 Å². The van der Waals surface area contributed by atoms with Gasteiger partial charge < -0.3 is 10.6 Å². The first-order chi connectivity index (χ1) is 9.69. The average Bonchev–Trinajstić information content (AvgIpc) is 2.47. The molecule has 4 heteroatoms. The molecular weight excluding hydrogens is 284 g/mol. The van der Waals surface area contributed by atoms with Gasteiger partial charge in [-0.15, -0.1) is 11.8 Å². The minimum Gasteiger partial charge on any atom is -0.358 e. The van der Waals surface area contributed by atoms with Crippen molar-refractivity contribution in [3.8, 4) is 0 Å². The van der Waals surface area contributed by atoms with Gasteiger partial charge in [-0.05, 0) is 43.1 Å². The van der Waals surface area contributed by atoms with E-state index in [4.69, 9.17) is 12.2 Å². The molecule has 2 aromatic rings. The summed E-state index contributed by atoms with van der Waals surface area (Å²) in [5.41, 5.74) is 3.53. The molecule has 2 aromatic carbocycles. The van der Waals surface area contributed by atoms with E-state index in [1.165, 1.54) is 16.0 Å². The van der Waals surface area contributed by atoms with Gasteiger partial charge >= 0.3 is 0 Å². The molecule has 0 amide bonds. The van der Waals surface area contributed by atoms with Crippen LogP contribution < -0.4 is 10.6 Å². The van der Waals surface area contributed by atoms with Crippen LogP contribution >= 0.6 is 24.0 Å². The van der Waals surface area contributed by atoms with Gasteiger partial charge in [-0.1, -0.05) is 42.0 Å². The fraction of sp³-hybridized carbons (Fsp3) is 0.188. The second-order valence-corrected chi connectivity index (χ2v) is 5.75. The highest BCUT2D eigenvalue weighted by atomic mass is 32.2. The zero-order chi connectivity index (χ0) is 14.4. The summed E-state index contributed by atoms with van der Waals surface area (Å²) < 4.78 is 0. The van der Waals surface area contributed by atoms with Gasteiger partial charge in [0.1, 0.15) is 0 Å². The number of rotatable bonds is 4. The molecule has 2 rings (SSSR count). The van der Waals surface area contributed by atoms with Gasteiger partial charge in [0.25, 0.3) is 0 Å². The van der Waals surface area contributed by atoms with E-state index in [2.05, 4.69) is 54.1 Å². The zero-order valence-corrected chi connectivity index (χ0v) is 13.3. The molecule has 0 fully saturated rings. The molecule has 0 aromatic heterocycles. The fourth-order valence-corrected chi connectivity index (χ4v) is 2.54. The maximum absolute atomic E-state index is 5.34. The molecule has 2 N–H and O–H groups in total. The van der Waals surface area contributed by atoms with Crippen molar-refractivity contribution in [2.24, 2.45) is 0 Å². The van der Waals surface area contributed by atoms with Crippen molar-refractivity contribution in [1.29, 1.82) is 0 Å². The minimum absolute atomic E-state index is 0.645. The molecule has 0 saturated heterocycles. The quantitative estimate of drug-likeness (QED) is 0.653. The van der Waals surface area contributed by atoms with Crippen LogP contribution in [0.2, 0.25) is 0 Å². The molecule has 0 saturated carbocycles. The normalized spacial score (nSPS) is 10.1. The summed E-state index contributed by atoms with van der Waals surface area (Å²) in [6, 6.07) is 16.6. The first-order valence-electron chi connectivity index (χ1n) is 6.42. The number of thiocarbonyl (C=S) groups is 1. The van der Waals surface area contributed by atoms with Crippen molar-refractivity contribution in [2.45, 2.75) is 18.4 Å². The Hall–Kier alpha value is -1.52. The first kappa shape index (κ1) is 14.9. The second-order valence-electron chi connectivity index (χ2n) is 4.49. The van der Waals surface area contributed by atoms with Gasteiger partial charge in [0.15, 0.2) is 5.11 Å². The molecule has 0 bridgehead atoms. The molecule has 104 valence electrons. The minimum atomic E-state index is 0.645. The summed E-state index contributed by atoms with van der Waals surface area (Å²) in [7, 11) is 0. The van der Waals surface area contributed by atoms with E-state index in [-0.39, 0.29) is 0 Å². The number of thioether (sulfide) groups is 1. The Balaban J connectivity index is 1.91. The average molecular weight is 302 g/mol. The summed E-state index contributed by atoms with van der Waals surface area (Å²) in [5.74, 6) is 0. The molecule has 0 atom stereocenters. The third-order valence-electron chi connectivity index (χ3n) is 2.93. The molecular formula is C16H18N2S2. The third kappa shape index (κ3) is 4.25. The van der Waals surface area contributed by atoms with E-state index in [0.29, 0.717) is 5.11 Å². The van der Waals surface area contributed by atoms with E-state index in [1.54, 1.807) is 11.8 Å². The van der Waals surface area contributed by atoms with E-state index >= 15 is 0 Å². The number of nitrogens with one attached hydrogen (secondary N) is 2. The van der Waals surface area contributed by atoms with Crippen LogP contribution in [0.15, 0.2) is 53.4 Å². The molecule has 0 unspecified atom stereocenters. The maximum Gasteiger partial charge on any atom is 0.171 e. The Bertz CT molecular complexity index is 579. The molecule has 0 aliphatic carbocycles. The van der Waals surface area contributed by atoms with Gasteiger partial charge in [-0.3, -0.25) is 0 Å². The Labute approximate surface area is 130 Å². The number of hydrogen-bond donors (Lipinski definition) is 2. The van der Waals surface area contributed by atoms with Crippen LogP contribution in [0.4, 0.5) is 5.69 Å². The highest BCUT2D eigenvalue weighted by molar-refractivity contribution is 7.98. The monoisotopic (exact) mass is 302 g/mol. The van der Waals surface area contributed by atoms with Crippen molar-refractivity contribution in [1.82, 2.24) is 5.32 Å². The number of benzene rings is 2. The van der Waals surface area contributed by atoms with E-state index < -0.39 is 0 Å². The van der Waals surface area contributed by atoms with Crippen molar-refractivity contribution in [2.75, 3.05) is 11.6 Å². The van der Waals surface area contributed by atoms with Crippen LogP contribution in [-0.4, -0.2) is 11.4 Å². The highest BCUT2D eigenvalue weighted by Crippen LogP contribution is 2.24. The van der Waals surface area contributed by atoms with Crippen LogP contribution in [0.5, 0.6) is 0 Å². The molecule has 0 spiro atoms. The predicted molar refractivity (Wildman–Crippen MR) is 92.5 cm³/mol.